The predicted molar refractivity (Wildman–Crippen MR) is 133 cm³/mol. The molecule has 0 saturated heterocycles. The molecule has 2 aromatic carbocycles. The molecular formula is C26H28F2N4O6. The Balaban J connectivity index is 1.67. The number of hydrazine groups is 1. The van der Waals surface area contributed by atoms with Gasteiger partial charge in [0.25, 0.3) is 0 Å². The Hall–Kier alpha value is -4.32. The summed E-state index contributed by atoms with van der Waals surface area (Å²) in [6.07, 6.45) is -0.734. The largest absolute Gasteiger partial charge is 0.481 e. The number of amides is 2. The molecule has 0 unspecified atom stereocenters. The first-order chi connectivity index (χ1) is 18.2. The highest BCUT2D eigenvalue weighted by Gasteiger charge is 2.25. The highest BCUT2D eigenvalue weighted by molar-refractivity contribution is 5.85. The van der Waals surface area contributed by atoms with Gasteiger partial charge in [-0.15, -0.1) is 0 Å². The fraction of sp³-hybridized carbons (Fsp3) is 0.308. The molecule has 0 bridgehead atoms. The third kappa shape index (κ3) is 7.59. The van der Waals surface area contributed by atoms with Crippen molar-refractivity contribution in [2.45, 2.75) is 45.7 Å². The van der Waals surface area contributed by atoms with Crippen LogP contribution >= 0.6 is 0 Å². The van der Waals surface area contributed by atoms with Crippen LogP contribution in [0.3, 0.4) is 0 Å². The summed E-state index contributed by atoms with van der Waals surface area (Å²) in [5.41, 5.74) is 4.64. The van der Waals surface area contributed by atoms with Crippen LogP contribution in [0.15, 0.2) is 53.1 Å². The van der Waals surface area contributed by atoms with Crippen LogP contribution in [0.25, 0.3) is 11.3 Å². The molecule has 0 fully saturated rings. The molecule has 1 atom stereocenters. The Kier molecular flexibility index (Phi) is 9.88. The van der Waals surface area contributed by atoms with Gasteiger partial charge in [0, 0.05) is 36.6 Å². The molecule has 2 amide bonds. The molecule has 0 aliphatic carbocycles. The predicted octanol–water partition coefficient (Wildman–Crippen LogP) is 4.65. The normalized spacial score (nSPS) is 11.6. The summed E-state index contributed by atoms with van der Waals surface area (Å²) in [6.45, 7) is 2.41. The van der Waals surface area contributed by atoms with Crippen LogP contribution in [0.5, 0.6) is 0 Å². The number of benzene rings is 2. The summed E-state index contributed by atoms with van der Waals surface area (Å²) < 4.78 is 38.2. The van der Waals surface area contributed by atoms with Gasteiger partial charge in [-0.3, -0.25) is 19.9 Å². The topological polar surface area (TPSA) is 134 Å². The second-order valence-corrected chi connectivity index (χ2v) is 8.45. The highest BCUT2D eigenvalue weighted by Crippen LogP contribution is 2.27. The van der Waals surface area contributed by atoms with Crippen molar-refractivity contribution in [2.75, 3.05) is 11.9 Å². The van der Waals surface area contributed by atoms with Crippen molar-refractivity contribution in [1.82, 2.24) is 15.6 Å². The first kappa shape index (κ1) is 28.3. The zero-order valence-electron chi connectivity index (χ0n) is 20.9. The Morgan fingerprint density at radius 2 is 1.87 bits per heavy atom. The van der Waals surface area contributed by atoms with Crippen LogP contribution in [-0.2, 0) is 20.9 Å². The Morgan fingerprint density at radius 3 is 2.55 bits per heavy atom. The maximum atomic E-state index is 14.1. The maximum absolute atomic E-state index is 14.1. The van der Waals surface area contributed by atoms with Crippen LogP contribution in [0.2, 0.25) is 0 Å². The number of anilines is 1. The number of halogens is 2. The van der Waals surface area contributed by atoms with Crippen LogP contribution in [-0.4, -0.2) is 45.9 Å². The average molecular weight is 531 g/mol. The molecule has 3 rings (SSSR count). The maximum Gasteiger partial charge on any atom is 0.414 e. The minimum absolute atomic E-state index is 0.0192. The lowest BCUT2D eigenvalue weighted by Gasteiger charge is -2.31. The zero-order valence-corrected chi connectivity index (χ0v) is 20.9. The number of aliphatic carboxylic acids is 1. The number of carboxylic acids is 1. The number of hydrogen-bond acceptors (Lipinski definition) is 7. The molecule has 0 aliphatic heterocycles. The van der Waals surface area contributed by atoms with Gasteiger partial charge in [0.05, 0.1) is 6.04 Å². The quantitative estimate of drug-likeness (QED) is 0.288. The first-order valence-corrected chi connectivity index (χ1v) is 11.8. The number of ether oxygens (including phenoxy) is 1. The standard InChI is InChI=1S/C26H28F2N4O6/c1-16-24(18-8-4-3-5-9-18)31-38-25(16)30-26(36)37-15-20(11-7-13-22(34)35)32(17(2)33)29-14-19-10-6-12-21(27)23(19)28/h3-6,8-10,12,20,29H,7,11,13-15H2,1-2H3,(H,30,36)(H,34,35)/t20-/m0/s1. The van der Waals surface area contributed by atoms with Gasteiger partial charge in [-0.1, -0.05) is 47.6 Å². The van der Waals surface area contributed by atoms with E-state index in [0.717, 1.165) is 16.6 Å². The lowest BCUT2D eigenvalue weighted by Crippen LogP contribution is -2.50. The third-order valence-electron chi connectivity index (χ3n) is 5.70. The lowest BCUT2D eigenvalue weighted by molar-refractivity contribution is -0.137. The molecule has 202 valence electrons. The average Bonchev–Trinajstić information content (AvgIpc) is 3.24. The van der Waals surface area contributed by atoms with E-state index in [1.54, 1.807) is 6.92 Å². The van der Waals surface area contributed by atoms with E-state index >= 15 is 0 Å². The van der Waals surface area contributed by atoms with Gasteiger partial charge in [-0.25, -0.2) is 19.0 Å². The van der Waals surface area contributed by atoms with E-state index in [1.807, 2.05) is 30.3 Å². The molecule has 12 heteroatoms. The van der Waals surface area contributed by atoms with Gasteiger partial charge in [0.15, 0.2) is 11.6 Å². The number of hydrogen-bond donors (Lipinski definition) is 3. The molecule has 0 aliphatic rings. The Morgan fingerprint density at radius 1 is 1.13 bits per heavy atom. The minimum Gasteiger partial charge on any atom is -0.481 e. The van der Waals surface area contributed by atoms with Crippen LogP contribution < -0.4 is 10.7 Å². The molecule has 38 heavy (non-hydrogen) atoms. The second-order valence-electron chi connectivity index (χ2n) is 8.45. The van der Waals surface area contributed by atoms with E-state index < -0.39 is 35.6 Å². The number of carboxylic acid groups (broad SMARTS) is 1. The van der Waals surface area contributed by atoms with Gasteiger partial charge in [-0.05, 0) is 25.8 Å². The summed E-state index contributed by atoms with van der Waals surface area (Å²) in [5, 5.41) is 16.6. The second kappa shape index (κ2) is 13.3. The molecule has 3 aromatic rings. The summed E-state index contributed by atoms with van der Waals surface area (Å²) in [6, 6.07) is 12.1. The van der Waals surface area contributed by atoms with Gasteiger partial charge in [-0.2, -0.15) is 0 Å². The molecule has 0 spiro atoms. The van der Waals surface area contributed by atoms with Crippen molar-refractivity contribution < 1.29 is 37.5 Å². The zero-order chi connectivity index (χ0) is 27.7. The van der Waals surface area contributed by atoms with Gasteiger partial charge in [0.1, 0.15) is 12.3 Å². The Bertz CT molecular complexity index is 1270. The van der Waals surface area contributed by atoms with Crippen LogP contribution in [0.1, 0.15) is 37.3 Å². The fourth-order valence-corrected chi connectivity index (χ4v) is 3.75. The molecule has 1 heterocycles. The minimum atomic E-state index is -1.06. The number of nitrogens with zero attached hydrogens (tertiary/aromatic N) is 2. The number of carbonyl (C=O) groups is 3. The van der Waals surface area contributed by atoms with Crippen molar-refractivity contribution in [3.8, 4) is 11.3 Å². The van der Waals surface area contributed by atoms with Gasteiger partial charge < -0.3 is 14.4 Å². The number of aromatic nitrogens is 1. The van der Waals surface area contributed by atoms with E-state index in [-0.39, 0.29) is 43.9 Å². The fourth-order valence-electron chi connectivity index (χ4n) is 3.75. The van der Waals surface area contributed by atoms with E-state index in [0.29, 0.717) is 11.3 Å². The molecule has 0 saturated carbocycles. The van der Waals surface area contributed by atoms with Crippen molar-refractivity contribution in [3.63, 3.8) is 0 Å². The summed E-state index contributed by atoms with van der Waals surface area (Å²) in [5.74, 6) is -3.53. The summed E-state index contributed by atoms with van der Waals surface area (Å²) in [7, 11) is 0. The molecule has 3 N–H and O–H groups in total. The summed E-state index contributed by atoms with van der Waals surface area (Å²) in [4.78, 5) is 35.9. The number of rotatable bonds is 12. The van der Waals surface area contributed by atoms with Crippen molar-refractivity contribution in [1.29, 1.82) is 0 Å². The third-order valence-corrected chi connectivity index (χ3v) is 5.70. The highest BCUT2D eigenvalue weighted by atomic mass is 19.2. The van der Waals surface area contributed by atoms with E-state index in [4.69, 9.17) is 14.4 Å². The first-order valence-electron chi connectivity index (χ1n) is 11.8. The van der Waals surface area contributed by atoms with E-state index in [2.05, 4.69) is 15.9 Å². The van der Waals surface area contributed by atoms with E-state index in [9.17, 15) is 23.2 Å². The van der Waals surface area contributed by atoms with Crippen LogP contribution in [0, 0.1) is 18.6 Å². The SMILES string of the molecule is CC(=O)N(NCc1cccc(F)c1F)[C@@H](CCCC(=O)O)COC(=O)Nc1onc(-c2ccccc2)c1C. The van der Waals surface area contributed by atoms with Gasteiger partial charge in [0.2, 0.25) is 11.8 Å². The molecular weight excluding hydrogens is 502 g/mol. The van der Waals surface area contributed by atoms with Crippen molar-refractivity contribution >= 4 is 23.9 Å². The van der Waals surface area contributed by atoms with Crippen molar-refractivity contribution in [3.05, 3.63) is 71.3 Å². The lowest BCUT2D eigenvalue weighted by atomic mass is 10.1. The van der Waals surface area contributed by atoms with Gasteiger partial charge >= 0.3 is 12.1 Å². The Labute approximate surface area is 217 Å². The van der Waals surface area contributed by atoms with Crippen LogP contribution in [0.4, 0.5) is 19.5 Å². The van der Waals surface area contributed by atoms with Crippen molar-refractivity contribution in [2.24, 2.45) is 0 Å². The molecule has 10 nitrogen and oxygen atoms in total. The molecule has 0 radical (unpaired) electrons. The molecule has 1 aromatic heterocycles. The smallest absolute Gasteiger partial charge is 0.414 e. The number of carbonyl (C=O) groups excluding carboxylic acids is 2. The van der Waals surface area contributed by atoms with E-state index in [1.165, 1.54) is 19.1 Å². The summed E-state index contributed by atoms with van der Waals surface area (Å²) >= 11 is 0. The monoisotopic (exact) mass is 530 g/mol. The number of nitrogens with one attached hydrogen (secondary N) is 2.